The minimum Gasteiger partial charge on any atom is -0.447 e. The van der Waals surface area contributed by atoms with Crippen molar-refractivity contribution in [2.75, 3.05) is 0 Å². The predicted octanol–water partition coefficient (Wildman–Crippen LogP) is 11.3. The number of ether oxygens (including phenoxy) is 1. The van der Waals surface area contributed by atoms with Crippen molar-refractivity contribution in [2.24, 2.45) is 5.92 Å². The molecule has 43 heavy (non-hydrogen) atoms. The summed E-state index contributed by atoms with van der Waals surface area (Å²) in [5.74, 6) is 2.48. The minimum absolute atomic E-state index is 0.0652. The summed E-state index contributed by atoms with van der Waals surface area (Å²) in [6.45, 7) is 4.61. The molecular weight excluding hydrogens is 545 g/mol. The number of Topliss-reactive ketones (excluding diaryl/α,β-unsaturated/α-hetero) is 1. The highest BCUT2D eigenvalue weighted by Crippen LogP contribution is 2.56. The normalized spacial score (nSPS) is 17.0. The summed E-state index contributed by atoms with van der Waals surface area (Å²) in [6.07, 6.45) is 12.7. The van der Waals surface area contributed by atoms with Gasteiger partial charge in [0.05, 0.1) is 0 Å². The quantitative estimate of drug-likeness (QED) is 0.127. The average Bonchev–Trinajstić information content (AvgIpc) is 3.33. The Balaban J connectivity index is 1.38. The number of carbonyl (C=O) groups is 1. The van der Waals surface area contributed by atoms with Crippen molar-refractivity contribution in [3.05, 3.63) is 102 Å². The first-order valence-corrected chi connectivity index (χ1v) is 17.8. The van der Waals surface area contributed by atoms with Gasteiger partial charge in [0.1, 0.15) is 10.9 Å². The molecule has 220 valence electrons. The summed E-state index contributed by atoms with van der Waals surface area (Å²) in [7, 11) is -0.255. The molecule has 1 heterocycles. The van der Waals surface area contributed by atoms with Crippen LogP contribution in [0.15, 0.2) is 99.6 Å². The fourth-order valence-corrected chi connectivity index (χ4v) is 10.1. The van der Waals surface area contributed by atoms with Crippen molar-refractivity contribution >= 4 is 16.7 Å². The van der Waals surface area contributed by atoms with Crippen molar-refractivity contribution in [2.45, 2.75) is 105 Å². The highest BCUT2D eigenvalue weighted by Gasteiger charge is 2.46. The maximum Gasteiger partial charge on any atom is 0.209 e. The molecule has 0 saturated heterocycles. The van der Waals surface area contributed by atoms with Gasteiger partial charge < -0.3 is 4.74 Å². The molecule has 2 aliphatic carbocycles. The fraction of sp³-hybridized carbons (Fsp3) is 0.375. The van der Waals surface area contributed by atoms with Gasteiger partial charge in [-0.15, -0.1) is 0 Å². The van der Waals surface area contributed by atoms with E-state index in [0.29, 0.717) is 5.78 Å². The van der Waals surface area contributed by atoms with Crippen LogP contribution in [-0.4, -0.2) is 5.78 Å². The van der Waals surface area contributed by atoms with E-state index in [1.807, 2.05) is 0 Å². The van der Waals surface area contributed by atoms with Gasteiger partial charge in [0.25, 0.3) is 0 Å². The van der Waals surface area contributed by atoms with Crippen molar-refractivity contribution in [1.29, 1.82) is 0 Å². The van der Waals surface area contributed by atoms with Crippen LogP contribution in [0.5, 0.6) is 11.5 Å². The standard InChI is InChI=1S/C40H43O2S/c1-3-5-24-40(25-6-4-2)33-26-29(39(41)28-14-8-7-9-15-28)20-22-31(33)32-23-21-30(27-34(32)40)43-37-18-12-10-16-35(37)42-36-17-11-13-19-38(36)43/h10-13,16-23,26-28H,3-9,14-15,24-25H2,1-2H3/q+1. The highest BCUT2D eigenvalue weighted by atomic mass is 32.2. The van der Waals surface area contributed by atoms with Crippen LogP contribution in [0.1, 0.15) is 106 Å². The zero-order valence-corrected chi connectivity index (χ0v) is 26.5. The van der Waals surface area contributed by atoms with Gasteiger partial charge in [-0.3, -0.25) is 4.79 Å². The Morgan fingerprint density at radius 2 is 1.33 bits per heavy atom. The second-order valence-electron chi connectivity index (χ2n) is 12.8. The van der Waals surface area contributed by atoms with Crippen LogP contribution in [0.2, 0.25) is 0 Å². The summed E-state index contributed by atoms with van der Waals surface area (Å²) in [6, 6.07) is 31.1. The molecule has 3 aliphatic rings. The smallest absolute Gasteiger partial charge is 0.209 e. The van der Waals surface area contributed by atoms with E-state index in [2.05, 4.69) is 98.8 Å². The Labute approximate surface area is 260 Å². The number of benzene rings is 4. The first-order chi connectivity index (χ1) is 21.1. The van der Waals surface area contributed by atoms with E-state index in [4.69, 9.17) is 4.74 Å². The summed E-state index contributed by atoms with van der Waals surface area (Å²) in [5, 5.41) is 0. The van der Waals surface area contributed by atoms with Crippen LogP contribution in [0.25, 0.3) is 11.1 Å². The van der Waals surface area contributed by atoms with Crippen LogP contribution in [0.3, 0.4) is 0 Å². The van der Waals surface area contributed by atoms with Gasteiger partial charge in [-0.1, -0.05) is 95.2 Å². The molecule has 4 aromatic rings. The molecule has 1 fully saturated rings. The summed E-state index contributed by atoms with van der Waals surface area (Å²) in [4.78, 5) is 17.7. The van der Waals surface area contributed by atoms with Gasteiger partial charge in [0.15, 0.2) is 22.2 Å². The van der Waals surface area contributed by atoms with E-state index in [-0.39, 0.29) is 22.2 Å². The molecule has 0 bridgehead atoms. The second-order valence-corrected chi connectivity index (χ2v) is 14.7. The van der Waals surface area contributed by atoms with Gasteiger partial charge in [0, 0.05) is 16.9 Å². The molecule has 0 amide bonds. The van der Waals surface area contributed by atoms with E-state index in [9.17, 15) is 4.79 Å². The number of rotatable bonds is 9. The Kier molecular flexibility index (Phi) is 7.95. The van der Waals surface area contributed by atoms with Gasteiger partial charge in [-0.2, -0.15) is 0 Å². The van der Waals surface area contributed by atoms with E-state index in [1.54, 1.807) is 0 Å². The number of hydrogen-bond acceptors (Lipinski definition) is 2. The van der Waals surface area contributed by atoms with Crippen LogP contribution in [0.4, 0.5) is 0 Å². The zero-order valence-electron chi connectivity index (χ0n) is 25.7. The lowest BCUT2D eigenvalue weighted by Crippen LogP contribution is -2.26. The third kappa shape index (κ3) is 4.94. The molecule has 0 radical (unpaired) electrons. The van der Waals surface area contributed by atoms with Crippen LogP contribution < -0.4 is 4.74 Å². The largest absolute Gasteiger partial charge is 0.447 e. The molecular formula is C40H43O2S+. The first kappa shape index (κ1) is 28.5. The van der Waals surface area contributed by atoms with Crippen LogP contribution in [0, 0.1) is 5.92 Å². The van der Waals surface area contributed by atoms with E-state index in [1.165, 1.54) is 81.9 Å². The average molecular weight is 588 g/mol. The Hall–Kier alpha value is -3.30. The minimum atomic E-state index is -0.255. The molecule has 0 N–H and O–H groups in total. The molecule has 2 nitrogen and oxygen atoms in total. The molecule has 0 atom stereocenters. The monoisotopic (exact) mass is 587 g/mol. The Bertz CT molecular complexity index is 1590. The molecule has 0 spiro atoms. The molecule has 7 rings (SSSR count). The van der Waals surface area contributed by atoms with Crippen LogP contribution in [-0.2, 0) is 16.3 Å². The van der Waals surface area contributed by atoms with Crippen molar-refractivity contribution in [3.8, 4) is 22.6 Å². The second kappa shape index (κ2) is 12.0. The maximum atomic E-state index is 13.8. The topological polar surface area (TPSA) is 26.3 Å². The van der Waals surface area contributed by atoms with Gasteiger partial charge in [0.2, 0.25) is 9.79 Å². The molecule has 1 aliphatic heterocycles. The van der Waals surface area contributed by atoms with Gasteiger partial charge in [-0.25, -0.2) is 0 Å². The SMILES string of the molecule is CCCCC1(CCCC)c2cc(C(=O)C3CCCCC3)ccc2-c2ccc([S+]3c4ccccc4Oc4ccccc43)cc21. The number of hydrogen-bond donors (Lipinski definition) is 0. The molecule has 0 unspecified atom stereocenters. The zero-order chi connectivity index (χ0) is 29.4. The number of unbranched alkanes of at least 4 members (excludes halogenated alkanes) is 2. The first-order valence-electron chi connectivity index (χ1n) is 16.6. The Morgan fingerprint density at radius 3 is 1.95 bits per heavy atom. The number of ketones is 1. The maximum absolute atomic E-state index is 13.8. The lowest BCUT2D eigenvalue weighted by Gasteiger charge is -2.33. The third-order valence-corrected chi connectivity index (χ3v) is 12.4. The third-order valence-electron chi connectivity index (χ3n) is 10.1. The van der Waals surface area contributed by atoms with Crippen LogP contribution >= 0.6 is 0 Å². The van der Waals surface area contributed by atoms with E-state index >= 15 is 0 Å². The molecule has 4 aromatic carbocycles. The van der Waals surface area contributed by atoms with Crippen molar-refractivity contribution in [1.82, 2.24) is 0 Å². The Morgan fingerprint density at radius 1 is 0.744 bits per heavy atom. The summed E-state index contributed by atoms with van der Waals surface area (Å²) < 4.78 is 6.38. The van der Waals surface area contributed by atoms with E-state index < -0.39 is 0 Å². The van der Waals surface area contributed by atoms with Gasteiger partial charge in [-0.05, 0) is 96.5 Å². The highest BCUT2D eigenvalue weighted by molar-refractivity contribution is 7.97. The number of fused-ring (bicyclic) bond motifs is 5. The summed E-state index contributed by atoms with van der Waals surface area (Å²) in [5.41, 5.74) is 6.44. The van der Waals surface area contributed by atoms with E-state index in [0.717, 1.165) is 42.7 Å². The van der Waals surface area contributed by atoms with Crippen molar-refractivity contribution < 1.29 is 9.53 Å². The fourth-order valence-electron chi connectivity index (χ4n) is 7.87. The number of para-hydroxylation sites is 2. The summed E-state index contributed by atoms with van der Waals surface area (Å²) >= 11 is 0. The molecule has 3 heteroatoms. The van der Waals surface area contributed by atoms with Gasteiger partial charge >= 0.3 is 0 Å². The number of carbonyl (C=O) groups excluding carboxylic acids is 1. The lowest BCUT2D eigenvalue weighted by atomic mass is 9.70. The molecule has 1 saturated carbocycles. The predicted molar refractivity (Wildman–Crippen MR) is 178 cm³/mol. The van der Waals surface area contributed by atoms with Crippen molar-refractivity contribution in [3.63, 3.8) is 0 Å². The molecule has 0 aromatic heterocycles. The lowest BCUT2D eigenvalue weighted by molar-refractivity contribution is 0.0889.